The first-order valence-corrected chi connectivity index (χ1v) is 12.0. The minimum atomic E-state index is -0.210. The van der Waals surface area contributed by atoms with Crippen molar-refractivity contribution in [2.45, 2.75) is 0 Å². The number of hydrazine groups is 1. The van der Waals surface area contributed by atoms with E-state index in [9.17, 15) is 4.79 Å². The van der Waals surface area contributed by atoms with Crippen LogP contribution in [0.25, 0.3) is 38.5 Å². The summed E-state index contributed by atoms with van der Waals surface area (Å²) in [6, 6.07) is 23.4. The molecule has 0 radical (unpaired) electrons. The van der Waals surface area contributed by atoms with Crippen LogP contribution in [-0.4, -0.2) is 25.4 Å². The van der Waals surface area contributed by atoms with Crippen molar-refractivity contribution in [2.24, 2.45) is 0 Å². The van der Waals surface area contributed by atoms with Gasteiger partial charge in [-0.25, -0.2) is 4.98 Å². The fourth-order valence-electron chi connectivity index (χ4n) is 3.58. The molecule has 1 fully saturated rings. The molecular weight excluding hydrogens is 472 g/mol. The molecule has 0 saturated carbocycles. The van der Waals surface area contributed by atoms with Gasteiger partial charge in [-0.05, 0) is 48.1 Å². The van der Waals surface area contributed by atoms with Crippen LogP contribution in [0, 0.1) is 0 Å². The van der Waals surface area contributed by atoms with Gasteiger partial charge in [0.1, 0.15) is 5.52 Å². The highest BCUT2D eigenvalue weighted by atomic mass is 32.2. The van der Waals surface area contributed by atoms with E-state index in [0.29, 0.717) is 20.1 Å². The van der Waals surface area contributed by atoms with Crippen LogP contribution in [0.2, 0.25) is 0 Å². The predicted octanol–water partition coefficient (Wildman–Crippen LogP) is 6.33. The van der Waals surface area contributed by atoms with E-state index < -0.39 is 0 Å². The Morgan fingerprint density at radius 2 is 1.82 bits per heavy atom. The average molecular weight is 487 g/mol. The molecule has 3 aromatic carbocycles. The quantitative estimate of drug-likeness (QED) is 0.235. The smallest absolute Gasteiger partial charge is 0.285 e. The molecule has 1 saturated heterocycles. The second kappa shape index (κ2) is 8.11. The lowest BCUT2D eigenvalue weighted by molar-refractivity contribution is -0.121. The minimum absolute atomic E-state index is 0.210. The number of hydrogen-bond acceptors (Lipinski definition) is 8. The van der Waals surface area contributed by atoms with E-state index in [2.05, 4.69) is 15.6 Å². The third-order valence-corrected chi connectivity index (χ3v) is 7.37. The number of thioether (sulfide) groups is 1. The van der Waals surface area contributed by atoms with Gasteiger partial charge in [0.25, 0.3) is 5.91 Å². The van der Waals surface area contributed by atoms with Gasteiger partial charge >= 0.3 is 0 Å². The Balaban J connectivity index is 1.30. The van der Waals surface area contributed by atoms with Gasteiger partial charge in [-0.2, -0.15) is 5.01 Å². The number of benzene rings is 3. The van der Waals surface area contributed by atoms with Crippen LogP contribution in [0.3, 0.4) is 0 Å². The number of nitrogens with zero attached hydrogens (tertiary/aromatic N) is 3. The first kappa shape index (κ1) is 20.1. The van der Waals surface area contributed by atoms with Crippen molar-refractivity contribution >= 4 is 77.9 Å². The summed E-state index contributed by atoms with van der Waals surface area (Å²) in [5.74, 6) is 0.490. The van der Waals surface area contributed by atoms with E-state index in [0.717, 1.165) is 32.2 Å². The molecule has 33 heavy (non-hydrogen) atoms. The van der Waals surface area contributed by atoms with E-state index in [1.165, 1.54) is 28.1 Å². The maximum atomic E-state index is 13.1. The normalized spacial score (nSPS) is 15.3. The molecule has 9 heteroatoms. The van der Waals surface area contributed by atoms with Gasteiger partial charge in [0, 0.05) is 5.56 Å². The number of carbonyl (C=O) groups is 1. The summed E-state index contributed by atoms with van der Waals surface area (Å²) in [6.45, 7) is 0. The van der Waals surface area contributed by atoms with Gasteiger partial charge in [-0.3, -0.25) is 10.2 Å². The Kier molecular flexibility index (Phi) is 4.94. The summed E-state index contributed by atoms with van der Waals surface area (Å²) >= 11 is 8.18. The second-order valence-electron chi connectivity index (χ2n) is 7.27. The molecule has 3 heterocycles. The number of hydrogen-bond donors (Lipinski definition) is 1. The molecule has 5 aromatic rings. The third-order valence-electron chi connectivity index (χ3n) is 5.13. The molecule has 6 rings (SSSR count). The number of anilines is 1. The molecule has 6 nitrogen and oxygen atoms in total. The summed E-state index contributed by atoms with van der Waals surface area (Å²) in [4.78, 5) is 18.1. The van der Waals surface area contributed by atoms with Crippen molar-refractivity contribution in [3.63, 3.8) is 0 Å². The van der Waals surface area contributed by atoms with Gasteiger partial charge in [-0.1, -0.05) is 76.8 Å². The SMILES string of the molecule is O=C1C(=Cc2ccc3noc(-c4ccccc4)c3c2)SC(=S)N1Nc1nc2ccccc2s1. The molecule has 0 bridgehead atoms. The lowest BCUT2D eigenvalue weighted by atomic mass is 10.1. The molecule has 1 N–H and O–H groups in total. The van der Waals surface area contributed by atoms with Gasteiger partial charge in [-0.15, -0.1) is 0 Å². The van der Waals surface area contributed by atoms with Crippen molar-refractivity contribution in [1.29, 1.82) is 0 Å². The van der Waals surface area contributed by atoms with Crippen LogP contribution in [0.1, 0.15) is 5.56 Å². The van der Waals surface area contributed by atoms with Crippen molar-refractivity contribution in [3.8, 4) is 11.3 Å². The zero-order chi connectivity index (χ0) is 22.4. The highest BCUT2D eigenvalue weighted by molar-refractivity contribution is 8.26. The third kappa shape index (κ3) is 3.70. The molecule has 1 aliphatic heterocycles. The van der Waals surface area contributed by atoms with Crippen molar-refractivity contribution < 1.29 is 9.32 Å². The van der Waals surface area contributed by atoms with Gasteiger partial charge in [0.15, 0.2) is 10.1 Å². The monoisotopic (exact) mass is 486 g/mol. The number of nitrogens with one attached hydrogen (secondary N) is 1. The lowest BCUT2D eigenvalue weighted by Crippen LogP contribution is -2.33. The number of amides is 1. The van der Waals surface area contributed by atoms with E-state index in [1.54, 1.807) is 0 Å². The molecular formula is C24H14N4O2S3. The van der Waals surface area contributed by atoms with Crippen LogP contribution in [0.5, 0.6) is 0 Å². The summed E-state index contributed by atoms with van der Waals surface area (Å²) in [7, 11) is 0. The molecule has 1 amide bonds. The Bertz CT molecular complexity index is 1540. The number of fused-ring (bicyclic) bond motifs is 2. The number of thiocarbonyl (C=S) groups is 1. The number of aromatic nitrogens is 2. The van der Waals surface area contributed by atoms with E-state index in [4.69, 9.17) is 16.7 Å². The van der Waals surface area contributed by atoms with Gasteiger partial charge in [0.2, 0.25) is 5.13 Å². The maximum Gasteiger partial charge on any atom is 0.285 e. The van der Waals surface area contributed by atoms with Crippen LogP contribution in [0.15, 0.2) is 82.2 Å². The first-order chi connectivity index (χ1) is 16.2. The lowest BCUT2D eigenvalue weighted by Gasteiger charge is -2.14. The van der Waals surface area contributed by atoms with E-state index >= 15 is 0 Å². The summed E-state index contributed by atoms with van der Waals surface area (Å²) in [5, 5.41) is 7.04. The van der Waals surface area contributed by atoms with Gasteiger partial charge < -0.3 is 4.52 Å². The Morgan fingerprint density at radius 3 is 2.67 bits per heavy atom. The summed E-state index contributed by atoms with van der Waals surface area (Å²) in [6.07, 6.45) is 1.83. The van der Waals surface area contributed by atoms with Crippen molar-refractivity contribution in [2.75, 3.05) is 5.43 Å². The Morgan fingerprint density at radius 1 is 1.00 bits per heavy atom. The number of rotatable bonds is 4. The first-order valence-electron chi connectivity index (χ1n) is 10.0. The number of para-hydroxylation sites is 1. The fourth-order valence-corrected chi connectivity index (χ4v) is 5.61. The fraction of sp³-hybridized carbons (Fsp3) is 0. The second-order valence-corrected chi connectivity index (χ2v) is 9.98. The van der Waals surface area contributed by atoms with Crippen LogP contribution in [-0.2, 0) is 4.79 Å². The molecule has 1 aliphatic rings. The maximum absolute atomic E-state index is 13.1. The average Bonchev–Trinajstić information content (AvgIpc) is 3.51. The summed E-state index contributed by atoms with van der Waals surface area (Å²) in [5.41, 5.74) is 6.51. The van der Waals surface area contributed by atoms with Gasteiger partial charge in [0.05, 0.1) is 20.5 Å². The highest BCUT2D eigenvalue weighted by Crippen LogP contribution is 2.35. The van der Waals surface area contributed by atoms with Crippen LogP contribution in [0.4, 0.5) is 5.13 Å². The van der Waals surface area contributed by atoms with E-state index in [1.807, 2.05) is 78.9 Å². The van der Waals surface area contributed by atoms with Crippen molar-refractivity contribution in [1.82, 2.24) is 15.1 Å². The zero-order valence-electron chi connectivity index (χ0n) is 16.9. The predicted molar refractivity (Wildman–Crippen MR) is 138 cm³/mol. The van der Waals surface area contributed by atoms with Crippen LogP contribution >= 0.6 is 35.3 Å². The summed E-state index contributed by atoms with van der Waals surface area (Å²) < 4.78 is 7.06. The van der Waals surface area contributed by atoms with E-state index in [-0.39, 0.29) is 5.91 Å². The largest absolute Gasteiger partial charge is 0.355 e. The molecule has 0 aliphatic carbocycles. The standard InChI is InChI=1S/C24H14N4O2S3/c29-22-20(33-24(31)28(22)26-23-25-18-8-4-5-9-19(18)32-23)13-14-10-11-17-16(12-14)21(30-27-17)15-6-2-1-3-7-15/h1-13H,(H,25,26). The zero-order valence-corrected chi connectivity index (χ0v) is 19.3. The molecule has 2 aromatic heterocycles. The topological polar surface area (TPSA) is 71.3 Å². The number of thiazole rings is 1. The minimum Gasteiger partial charge on any atom is -0.355 e. The Labute approximate surface area is 201 Å². The molecule has 0 spiro atoms. The molecule has 0 unspecified atom stereocenters. The van der Waals surface area contributed by atoms with Crippen LogP contribution < -0.4 is 5.43 Å². The number of carbonyl (C=O) groups excluding carboxylic acids is 1. The Hall–Kier alpha value is -3.53. The van der Waals surface area contributed by atoms with Crippen molar-refractivity contribution in [3.05, 3.63) is 83.3 Å². The molecule has 0 atom stereocenters. The molecule has 160 valence electrons. The highest BCUT2D eigenvalue weighted by Gasteiger charge is 2.33.